The number of nitrogens with zero attached hydrogens (tertiary/aromatic N) is 3. The van der Waals surface area contributed by atoms with E-state index in [1.54, 1.807) is 13.0 Å². The average Bonchev–Trinajstić information content (AvgIpc) is 3.05. The number of halogens is 1. The third-order valence-electron chi connectivity index (χ3n) is 4.19. The maximum Gasteiger partial charge on any atom is 0.326 e. The van der Waals surface area contributed by atoms with Gasteiger partial charge in [-0.15, -0.1) is 0 Å². The molecule has 8 heteroatoms. The Bertz CT molecular complexity index is 909. The first-order valence-electron chi connectivity index (χ1n) is 7.80. The molecule has 2 heterocycles. The monoisotopic (exact) mass is 345 g/mol. The van der Waals surface area contributed by atoms with Crippen LogP contribution < -0.4 is 5.43 Å². The van der Waals surface area contributed by atoms with E-state index < -0.39 is 34.9 Å². The Hall–Kier alpha value is -3.03. The van der Waals surface area contributed by atoms with Crippen molar-refractivity contribution in [2.45, 2.75) is 25.8 Å². The van der Waals surface area contributed by atoms with E-state index in [4.69, 9.17) is 0 Å². The van der Waals surface area contributed by atoms with Gasteiger partial charge in [-0.05, 0) is 31.9 Å². The number of rotatable bonds is 3. The number of hydrogen-bond donors (Lipinski definition) is 1. The molecule has 1 aromatic carbocycles. The molecule has 3 rings (SSSR count). The Morgan fingerprint density at radius 2 is 2.04 bits per heavy atom. The fourth-order valence-corrected chi connectivity index (χ4v) is 2.97. The van der Waals surface area contributed by atoms with Crippen LogP contribution in [0.1, 0.15) is 29.0 Å². The molecule has 1 aliphatic heterocycles. The molecule has 1 saturated heterocycles. The molecule has 2 aromatic rings. The van der Waals surface area contributed by atoms with Gasteiger partial charge in [0.2, 0.25) is 5.43 Å². The van der Waals surface area contributed by atoms with Crippen molar-refractivity contribution < 1.29 is 19.1 Å². The number of benzene rings is 1. The number of carbonyl (C=O) groups is 2. The highest BCUT2D eigenvalue weighted by Gasteiger charge is 2.36. The molecule has 130 valence electrons. The van der Waals surface area contributed by atoms with Gasteiger partial charge in [0.05, 0.1) is 0 Å². The molecule has 0 unspecified atom stereocenters. The van der Waals surface area contributed by atoms with E-state index in [-0.39, 0.29) is 12.2 Å². The number of para-hydroxylation sites is 1. The van der Waals surface area contributed by atoms with Crippen LogP contribution in [-0.2, 0) is 4.79 Å². The molecule has 1 fully saturated rings. The maximum atomic E-state index is 14.0. The lowest BCUT2D eigenvalue weighted by molar-refractivity contribution is -0.141. The first-order chi connectivity index (χ1) is 11.9. The van der Waals surface area contributed by atoms with Gasteiger partial charge < -0.3 is 10.0 Å². The smallest absolute Gasteiger partial charge is 0.326 e. The summed E-state index contributed by atoms with van der Waals surface area (Å²) >= 11 is 0. The van der Waals surface area contributed by atoms with Gasteiger partial charge in [0.1, 0.15) is 17.5 Å². The van der Waals surface area contributed by atoms with E-state index in [9.17, 15) is 23.9 Å². The summed E-state index contributed by atoms with van der Waals surface area (Å²) in [7, 11) is 0. The molecule has 25 heavy (non-hydrogen) atoms. The topological polar surface area (TPSA) is 92.5 Å². The third-order valence-corrected chi connectivity index (χ3v) is 4.19. The molecule has 0 spiro atoms. The molecule has 7 nitrogen and oxygen atoms in total. The van der Waals surface area contributed by atoms with E-state index in [0.29, 0.717) is 18.5 Å². The number of carboxylic acids is 1. The summed E-state index contributed by atoms with van der Waals surface area (Å²) in [5, 5.41) is 13.2. The summed E-state index contributed by atoms with van der Waals surface area (Å²) in [6.45, 7) is 1.81. The van der Waals surface area contributed by atoms with Crippen molar-refractivity contribution in [3.8, 4) is 5.69 Å². The first-order valence-corrected chi connectivity index (χ1v) is 7.80. The van der Waals surface area contributed by atoms with Crippen molar-refractivity contribution in [3.63, 3.8) is 0 Å². The lowest BCUT2D eigenvalue weighted by Gasteiger charge is -2.21. The number of carboxylic acid groups (broad SMARTS) is 1. The van der Waals surface area contributed by atoms with Gasteiger partial charge in [0, 0.05) is 18.3 Å². The summed E-state index contributed by atoms with van der Waals surface area (Å²) in [5.74, 6) is -2.42. The van der Waals surface area contributed by atoms with Crippen LogP contribution in [0.15, 0.2) is 35.1 Å². The maximum absolute atomic E-state index is 14.0. The van der Waals surface area contributed by atoms with Crippen LogP contribution in [0.5, 0.6) is 0 Å². The van der Waals surface area contributed by atoms with Crippen molar-refractivity contribution in [3.05, 3.63) is 57.8 Å². The second kappa shape index (κ2) is 6.46. The number of amides is 1. The molecule has 1 N–H and O–H groups in total. The van der Waals surface area contributed by atoms with Gasteiger partial charge >= 0.3 is 5.97 Å². The van der Waals surface area contributed by atoms with Crippen LogP contribution in [0.3, 0.4) is 0 Å². The van der Waals surface area contributed by atoms with Crippen LogP contribution in [-0.4, -0.2) is 44.3 Å². The fraction of sp³-hybridized carbons (Fsp3) is 0.294. The molecule has 0 aliphatic carbocycles. The van der Waals surface area contributed by atoms with E-state index in [1.165, 1.54) is 28.9 Å². The van der Waals surface area contributed by atoms with Crippen molar-refractivity contribution >= 4 is 11.9 Å². The SMILES string of the molecule is Cc1cc(=O)c(C(=O)N2CCC[C@@H]2C(=O)O)nn1-c1ccccc1F. The Balaban J connectivity index is 2.07. The molecule has 0 saturated carbocycles. The van der Waals surface area contributed by atoms with Crippen LogP contribution in [0.25, 0.3) is 5.69 Å². The number of likely N-dealkylation sites (tertiary alicyclic amines) is 1. The van der Waals surface area contributed by atoms with Crippen molar-refractivity contribution in [1.29, 1.82) is 0 Å². The third kappa shape index (κ3) is 3.02. The number of aryl methyl sites for hydroxylation is 1. The van der Waals surface area contributed by atoms with Gasteiger partial charge in [0.15, 0.2) is 5.69 Å². The quantitative estimate of drug-likeness (QED) is 0.907. The van der Waals surface area contributed by atoms with Crippen LogP contribution >= 0.6 is 0 Å². The van der Waals surface area contributed by atoms with E-state index in [0.717, 1.165) is 4.90 Å². The summed E-state index contributed by atoms with van der Waals surface area (Å²) in [4.78, 5) is 37.3. The zero-order valence-electron chi connectivity index (χ0n) is 13.5. The number of hydrogen-bond acceptors (Lipinski definition) is 4. The second-order valence-electron chi connectivity index (χ2n) is 5.86. The lowest BCUT2D eigenvalue weighted by Crippen LogP contribution is -2.43. The molecular weight excluding hydrogens is 329 g/mol. The molecular formula is C17H16FN3O4. The van der Waals surface area contributed by atoms with Crippen LogP contribution in [0, 0.1) is 12.7 Å². The minimum Gasteiger partial charge on any atom is -0.480 e. The summed E-state index contributed by atoms with van der Waals surface area (Å²) in [6.07, 6.45) is 0.866. The van der Waals surface area contributed by atoms with Crippen molar-refractivity contribution in [2.24, 2.45) is 0 Å². The molecule has 0 bridgehead atoms. The van der Waals surface area contributed by atoms with Gasteiger partial charge in [-0.25, -0.2) is 13.9 Å². The number of aliphatic carboxylic acids is 1. The normalized spacial score (nSPS) is 16.9. The standard InChI is InChI=1S/C17H16FN3O4/c1-10-9-14(22)15(16(23)20-8-4-7-13(20)17(24)25)19-21(10)12-6-3-2-5-11(12)18/h2-3,5-6,9,13H,4,7-8H2,1H3,(H,24,25)/t13-/m1/s1. The summed E-state index contributed by atoms with van der Waals surface area (Å²) in [5.41, 5.74) is -0.568. The predicted octanol–water partition coefficient (Wildman–Crippen LogP) is 1.37. The van der Waals surface area contributed by atoms with E-state index in [2.05, 4.69) is 5.10 Å². The van der Waals surface area contributed by atoms with Gasteiger partial charge in [0.25, 0.3) is 5.91 Å². The molecule has 1 atom stereocenters. The Kier molecular flexibility index (Phi) is 4.35. The van der Waals surface area contributed by atoms with Crippen molar-refractivity contribution in [2.75, 3.05) is 6.54 Å². The van der Waals surface area contributed by atoms with E-state index in [1.807, 2.05) is 0 Å². The van der Waals surface area contributed by atoms with E-state index >= 15 is 0 Å². The van der Waals surface area contributed by atoms with Crippen LogP contribution in [0.4, 0.5) is 4.39 Å². The first kappa shape index (κ1) is 16.8. The Morgan fingerprint density at radius 3 is 2.72 bits per heavy atom. The van der Waals surface area contributed by atoms with Gasteiger partial charge in [-0.3, -0.25) is 9.59 Å². The molecule has 1 aromatic heterocycles. The lowest BCUT2D eigenvalue weighted by atomic mass is 10.2. The highest BCUT2D eigenvalue weighted by atomic mass is 19.1. The van der Waals surface area contributed by atoms with Crippen LogP contribution in [0.2, 0.25) is 0 Å². The average molecular weight is 345 g/mol. The zero-order chi connectivity index (χ0) is 18.1. The largest absolute Gasteiger partial charge is 0.480 e. The molecule has 1 aliphatic rings. The minimum atomic E-state index is -1.12. The Morgan fingerprint density at radius 1 is 1.32 bits per heavy atom. The molecule has 0 radical (unpaired) electrons. The zero-order valence-corrected chi connectivity index (χ0v) is 13.5. The van der Waals surface area contributed by atoms with Gasteiger partial charge in [-0.1, -0.05) is 12.1 Å². The van der Waals surface area contributed by atoms with Crippen molar-refractivity contribution in [1.82, 2.24) is 14.7 Å². The predicted molar refractivity (Wildman–Crippen MR) is 86.2 cm³/mol. The molecule has 1 amide bonds. The summed E-state index contributed by atoms with van der Waals surface area (Å²) < 4.78 is 15.2. The highest BCUT2D eigenvalue weighted by molar-refractivity contribution is 5.95. The Labute approximate surface area is 142 Å². The second-order valence-corrected chi connectivity index (χ2v) is 5.86. The summed E-state index contributed by atoms with van der Waals surface area (Å²) in [6, 6.07) is 6.07. The fourth-order valence-electron chi connectivity index (χ4n) is 2.97. The number of aromatic nitrogens is 2. The number of carbonyl (C=O) groups excluding carboxylic acids is 1. The minimum absolute atomic E-state index is 0.102. The van der Waals surface area contributed by atoms with Gasteiger partial charge in [-0.2, -0.15) is 5.10 Å². The highest BCUT2D eigenvalue weighted by Crippen LogP contribution is 2.19.